The van der Waals surface area contributed by atoms with Crippen molar-refractivity contribution in [1.29, 1.82) is 0 Å². The van der Waals surface area contributed by atoms with Crippen molar-refractivity contribution in [2.75, 3.05) is 6.54 Å². The maximum absolute atomic E-state index is 10.6. The van der Waals surface area contributed by atoms with Gasteiger partial charge in [0.25, 0.3) is 0 Å². The number of carboxylic acids is 1. The molecule has 1 aliphatic heterocycles. The lowest BCUT2D eigenvalue weighted by Gasteiger charge is -2.28. The molecule has 4 nitrogen and oxygen atoms in total. The molecule has 1 fully saturated rings. The first-order valence-electron chi connectivity index (χ1n) is 4.71. The zero-order valence-corrected chi connectivity index (χ0v) is 7.92. The Balaban J connectivity index is 2.41. The van der Waals surface area contributed by atoms with E-state index in [0.29, 0.717) is 6.42 Å². The summed E-state index contributed by atoms with van der Waals surface area (Å²) in [5, 5.41) is 21.4. The van der Waals surface area contributed by atoms with Gasteiger partial charge in [0.2, 0.25) is 0 Å². The quantitative estimate of drug-likeness (QED) is 0.596. The van der Waals surface area contributed by atoms with E-state index in [1.807, 2.05) is 0 Å². The van der Waals surface area contributed by atoms with Gasteiger partial charge in [-0.25, -0.2) is 4.79 Å². The van der Waals surface area contributed by atoms with Crippen LogP contribution in [0.25, 0.3) is 0 Å². The number of carboxylic acid groups (broad SMARTS) is 1. The van der Waals surface area contributed by atoms with Crippen molar-refractivity contribution in [2.45, 2.75) is 44.2 Å². The van der Waals surface area contributed by atoms with E-state index in [2.05, 4.69) is 5.32 Å². The van der Waals surface area contributed by atoms with E-state index in [1.165, 1.54) is 6.92 Å². The van der Waals surface area contributed by atoms with Crippen LogP contribution in [0.5, 0.6) is 0 Å². The summed E-state index contributed by atoms with van der Waals surface area (Å²) in [5.41, 5.74) is -1.59. The van der Waals surface area contributed by atoms with Gasteiger partial charge in [0.1, 0.15) is 0 Å². The zero-order valence-electron chi connectivity index (χ0n) is 7.92. The number of nitrogens with one attached hydrogen (secondary N) is 1. The maximum Gasteiger partial charge on any atom is 0.335 e. The van der Waals surface area contributed by atoms with Gasteiger partial charge in [-0.2, -0.15) is 0 Å². The molecule has 0 aromatic carbocycles. The van der Waals surface area contributed by atoms with Gasteiger partial charge in [0, 0.05) is 12.5 Å². The minimum absolute atomic E-state index is 0.153. The van der Waals surface area contributed by atoms with Crippen LogP contribution in [0.15, 0.2) is 0 Å². The van der Waals surface area contributed by atoms with E-state index < -0.39 is 11.6 Å². The van der Waals surface area contributed by atoms with Gasteiger partial charge < -0.3 is 15.5 Å². The topological polar surface area (TPSA) is 69.6 Å². The second kappa shape index (κ2) is 4.07. The van der Waals surface area contributed by atoms with Crippen molar-refractivity contribution in [1.82, 2.24) is 5.32 Å². The van der Waals surface area contributed by atoms with E-state index in [9.17, 15) is 9.90 Å². The van der Waals surface area contributed by atoms with Gasteiger partial charge in [0.15, 0.2) is 5.60 Å². The fourth-order valence-electron chi connectivity index (χ4n) is 1.67. The second-order valence-corrected chi connectivity index (χ2v) is 3.93. The second-order valence-electron chi connectivity index (χ2n) is 3.93. The molecule has 0 amide bonds. The lowest BCUT2D eigenvalue weighted by Crippen LogP contribution is -2.44. The highest BCUT2D eigenvalue weighted by atomic mass is 16.4. The average Bonchev–Trinajstić information content (AvgIpc) is 2.05. The highest BCUT2D eigenvalue weighted by Gasteiger charge is 2.33. The molecule has 13 heavy (non-hydrogen) atoms. The van der Waals surface area contributed by atoms with Crippen LogP contribution < -0.4 is 5.32 Å². The van der Waals surface area contributed by atoms with Crippen molar-refractivity contribution in [2.24, 2.45) is 0 Å². The monoisotopic (exact) mass is 187 g/mol. The van der Waals surface area contributed by atoms with Gasteiger partial charge in [0.05, 0.1) is 0 Å². The Bertz CT molecular complexity index is 185. The van der Waals surface area contributed by atoms with E-state index in [1.54, 1.807) is 0 Å². The molecule has 1 unspecified atom stereocenters. The largest absolute Gasteiger partial charge is 0.479 e. The molecule has 1 saturated heterocycles. The summed E-state index contributed by atoms with van der Waals surface area (Å²) < 4.78 is 0. The summed E-state index contributed by atoms with van der Waals surface area (Å²) in [6.45, 7) is 2.28. The first kappa shape index (κ1) is 10.5. The molecule has 0 aromatic heterocycles. The summed E-state index contributed by atoms with van der Waals surface area (Å²) in [6, 6.07) is 0.153. The Morgan fingerprint density at radius 3 is 2.77 bits per heavy atom. The molecule has 0 bridgehead atoms. The number of hydrogen-bond acceptors (Lipinski definition) is 3. The summed E-state index contributed by atoms with van der Waals surface area (Å²) >= 11 is 0. The molecule has 76 valence electrons. The van der Waals surface area contributed by atoms with Crippen molar-refractivity contribution in [3.8, 4) is 0 Å². The molecule has 0 aliphatic carbocycles. The molecule has 0 aromatic rings. The molecule has 0 spiro atoms. The molecule has 1 aliphatic rings. The van der Waals surface area contributed by atoms with E-state index in [4.69, 9.17) is 5.11 Å². The Hall–Kier alpha value is -0.610. The molecule has 0 radical (unpaired) electrons. The first-order chi connectivity index (χ1) is 6.02. The third-order valence-corrected chi connectivity index (χ3v) is 2.52. The van der Waals surface area contributed by atoms with Crippen LogP contribution in [0.4, 0.5) is 0 Å². The van der Waals surface area contributed by atoms with Crippen LogP contribution in [0.1, 0.15) is 32.6 Å². The minimum Gasteiger partial charge on any atom is -0.479 e. The summed E-state index contributed by atoms with van der Waals surface area (Å²) in [4.78, 5) is 10.6. The van der Waals surface area contributed by atoms with Gasteiger partial charge >= 0.3 is 5.97 Å². The van der Waals surface area contributed by atoms with Crippen molar-refractivity contribution in [3.05, 3.63) is 0 Å². The van der Waals surface area contributed by atoms with Gasteiger partial charge in [-0.05, 0) is 26.3 Å². The fourth-order valence-corrected chi connectivity index (χ4v) is 1.67. The van der Waals surface area contributed by atoms with Crippen LogP contribution in [0.2, 0.25) is 0 Å². The smallest absolute Gasteiger partial charge is 0.335 e. The van der Waals surface area contributed by atoms with E-state index in [0.717, 1.165) is 25.8 Å². The van der Waals surface area contributed by atoms with E-state index >= 15 is 0 Å². The van der Waals surface area contributed by atoms with Gasteiger partial charge in [-0.1, -0.05) is 6.42 Å². The molecule has 3 N–H and O–H groups in total. The minimum atomic E-state index is -1.59. The number of aliphatic hydroxyl groups is 1. The molecular weight excluding hydrogens is 170 g/mol. The molecular formula is C9H17NO3. The van der Waals surface area contributed by atoms with Crippen molar-refractivity contribution < 1.29 is 15.0 Å². The SMILES string of the molecule is CC(O)(C[C@@H]1CCCCN1)C(=O)O. The number of carbonyl (C=O) groups is 1. The molecule has 1 rings (SSSR count). The first-order valence-corrected chi connectivity index (χ1v) is 4.71. The highest BCUT2D eigenvalue weighted by Crippen LogP contribution is 2.18. The Morgan fingerprint density at radius 2 is 2.31 bits per heavy atom. The standard InChI is InChI=1S/C9H17NO3/c1-9(13,8(11)12)6-7-4-2-3-5-10-7/h7,10,13H,2-6H2,1H3,(H,11,12)/t7-,9?/m0/s1. The summed E-state index contributed by atoms with van der Waals surface area (Å²) in [6.07, 6.45) is 3.52. The Labute approximate surface area is 78.0 Å². The van der Waals surface area contributed by atoms with E-state index in [-0.39, 0.29) is 6.04 Å². The highest BCUT2D eigenvalue weighted by molar-refractivity contribution is 5.76. The van der Waals surface area contributed by atoms with Crippen molar-refractivity contribution in [3.63, 3.8) is 0 Å². The van der Waals surface area contributed by atoms with Crippen LogP contribution in [-0.4, -0.2) is 34.4 Å². The normalized spacial score (nSPS) is 28.0. The Kier molecular flexibility index (Phi) is 3.27. The predicted molar refractivity (Wildman–Crippen MR) is 48.5 cm³/mol. The molecule has 2 atom stereocenters. The number of aliphatic carboxylic acids is 1. The summed E-state index contributed by atoms with van der Waals surface area (Å²) in [5.74, 6) is -1.14. The van der Waals surface area contributed by atoms with Gasteiger partial charge in [-0.15, -0.1) is 0 Å². The third-order valence-electron chi connectivity index (χ3n) is 2.52. The molecule has 4 heteroatoms. The summed E-state index contributed by atoms with van der Waals surface area (Å²) in [7, 11) is 0. The number of rotatable bonds is 3. The van der Waals surface area contributed by atoms with Crippen LogP contribution in [0, 0.1) is 0 Å². The molecule has 1 heterocycles. The fraction of sp³-hybridized carbons (Fsp3) is 0.889. The lowest BCUT2D eigenvalue weighted by molar-refractivity contribution is -0.157. The van der Waals surface area contributed by atoms with Crippen LogP contribution in [-0.2, 0) is 4.79 Å². The zero-order chi connectivity index (χ0) is 9.90. The number of piperidine rings is 1. The van der Waals surface area contributed by atoms with Crippen LogP contribution >= 0.6 is 0 Å². The Morgan fingerprint density at radius 1 is 1.62 bits per heavy atom. The third kappa shape index (κ3) is 2.97. The number of hydrogen-bond donors (Lipinski definition) is 3. The predicted octanol–water partition coefficient (Wildman–Crippen LogP) is 0.354. The maximum atomic E-state index is 10.6. The molecule has 0 saturated carbocycles. The lowest BCUT2D eigenvalue weighted by atomic mass is 9.92. The van der Waals surface area contributed by atoms with Gasteiger partial charge in [-0.3, -0.25) is 0 Å². The average molecular weight is 187 g/mol. The van der Waals surface area contributed by atoms with Crippen LogP contribution in [0.3, 0.4) is 0 Å². The van der Waals surface area contributed by atoms with Crippen molar-refractivity contribution >= 4 is 5.97 Å².